The highest BCUT2D eigenvalue weighted by Gasteiger charge is 2.12. The van der Waals surface area contributed by atoms with Gasteiger partial charge in [0.1, 0.15) is 17.1 Å². The third kappa shape index (κ3) is 2.72. The van der Waals surface area contributed by atoms with Gasteiger partial charge in [-0.05, 0) is 18.2 Å². The van der Waals surface area contributed by atoms with E-state index in [2.05, 4.69) is 20.8 Å². The molecule has 0 unspecified atom stereocenters. The minimum atomic E-state index is -0.487. The molecule has 21 heavy (non-hydrogen) atoms. The van der Waals surface area contributed by atoms with Crippen LogP contribution in [0.3, 0.4) is 0 Å². The lowest BCUT2D eigenvalue weighted by molar-refractivity contribution is 0.0844. The monoisotopic (exact) mass is 304 g/mol. The van der Waals surface area contributed by atoms with Crippen LogP contribution >= 0.6 is 11.6 Å². The molecule has 0 atom stereocenters. The van der Waals surface area contributed by atoms with Crippen molar-refractivity contribution >= 4 is 34.3 Å². The van der Waals surface area contributed by atoms with Crippen LogP contribution in [0.5, 0.6) is 0 Å². The van der Waals surface area contributed by atoms with E-state index in [9.17, 15) is 9.59 Å². The van der Waals surface area contributed by atoms with E-state index in [1.165, 1.54) is 24.8 Å². The first kappa shape index (κ1) is 13.2. The molecule has 8 heteroatoms. The second-order valence-corrected chi connectivity index (χ2v) is 4.58. The number of aromatic nitrogens is 2. The molecule has 0 saturated heterocycles. The fourth-order valence-corrected chi connectivity index (χ4v) is 1.94. The number of nitrogens with one attached hydrogen (secondary N) is 3. The van der Waals surface area contributed by atoms with E-state index in [0.29, 0.717) is 16.2 Å². The Hall–Kier alpha value is -2.80. The van der Waals surface area contributed by atoms with E-state index < -0.39 is 11.8 Å². The normalized spacial score (nSPS) is 10.5. The number of H-pyrrole nitrogens is 1. The van der Waals surface area contributed by atoms with Gasteiger partial charge in [0, 0.05) is 5.39 Å². The number of fused-ring (bicyclic) bond motifs is 1. The van der Waals surface area contributed by atoms with E-state index in [4.69, 9.17) is 16.0 Å². The first-order valence-corrected chi connectivity index (χ1v) is 6.28. The smallest absolute Gasteiger partial charge is 0.286 e. The van der Waals surface area contributed by atoms with Crippen LogP contribution < -0.4 is 10.9 Å². The molecule has 2 amide bonds. The van der Waals surface area contributed by atoms with Crippen LogP contribution in [0, 0.1) is 0 Å². The molecule has 0 aliphatic rings. The van der Waals surface area contributed by atoms with E-state index in [-0.39, 0.29) is 5.69 Å². The van der Waals surface area contributed by atoms with Gasteiger partial charge >= 0.3 is 0 Å². The molecule has 0 saturated carbocycles. The van der Waals surface area contributed by atoms with E-state index in [1.807, 2.05) is 0 Å². The Balaban J connectivity index is 1.70. The number of pyridine rings is 1. The van der Waals surface area contributed by atoms with Gasteiger partial charge in [0.2, 0.25) is 0 Å². The number of rotatable bonds is 2. The molecule has 106 valence electrons. The number of amides is 2. The topological polar surface area (TPSA) is 100 Å². The number of halogens is 1. The molecule has 0 radical (unpaired) electrons. The number of nitrogens with zero attached hydrogens (tertiary/aromatic N) is 1. The van der Waals surface area contributed by atoms with Crippen molar-refractivity contribution in [3.8, 4) is 0 Å². The number of furan rings is 1. The van der Waals surface area contributed by atoms with Crippen molar-refractivity contribution in [1.82, 2.24) is 20.8 Å². The molecule has 0 fully saturated rings. The summed E-state index contributed by atoms with van der Waals surface area (Å²) in [5.41, 5.74) is 5.84. The lowest BCUT2D eigenvalue weighted by Crippen LogP contribution is -2.41. The molecular formula is C13H9ClN4O3. The lowest BCUT2D eigenvalue weighted by atomic mass is 10.3. The van der Waals surface area contributed by atoms with Crippen molar-refractivity contribution in [2.45, 2.75) is 0 Å². The van der Waals surface area contributed by atoms with Crippen LogP contribution in [0.4, 0.5) is 0 Å². The maximum absolute atomic E-state index is 11.9. The van der Waals surface area contributed by atoms with Gasteiger partial charge in [0.05, 0.1) is 23.5 Å². The number of hydrazine groups is 1. The number of hydrogen-bond donors (Lipinski definition) is 3. The summed E-state index contributed by atoms with van der Waals surface area (Å²) < 4.78 is 4.78. The van der Waals surface area contributed by atoms with Gasteiger partial charge in [0.15, 0.2) is 0 Å². The third-order valence-corrected chi connectivity index (χ3v) is 3.00. The molecule has 3 heterocycles. The summed E-state index contributed by atoms with van der Waals surface area (Å²) >= 11 is 5.78. The largest absolute Gasteiger partial charge is 0.472 e. The summed E-state index contributed by atoms with van der Waals surface area (Å²) in [5, 5.41) is 1.09. The minimum absolute atomic E-state index is 0.279. The van der Waals surface area contributed by atoms with Crippen molar-refractivity contribution in [3.05, 3.63) is 53.3 Å². The molecule has 7 nitrogen and oxygen atoms in total. The van der Waals surface area contributed by atoms with Crippen LogP contribution in [0.15, 0.2) is 41.3 Å². The summed E-state index contributed by atoms with van der Waals surface area (Å²) in [6.45, 7) is 0. The summed E-state index contributed by atoms with van der Waals surface area (Å²) in [6.07, 6.45) is 4.17. The summed E-state index contributed by atoms with van der Waals surface area (Å²) in [7, 11) is 0. The molecule has 3 aromatic rings. The molecule has 3 N–H and O–H groups in total. The minimum Gasteiger partial charge on any atom is -0.472 e. The van der Waals surface area contributed by atoms with Gasteiger partial charge in [-0.15, -0.1) is 0 Å². The van der Waals surface area contributed by atoms with Crippen molar-refractivity contribution in [1.29, 1.82) is 0 Å². The van der Waals surface area contributed by atoms with Crippen molar-refractivity contribution < 1.29 is 14.0 Å². The Bertz CT molecular complexity index is 810. The summed E-state index contributed by atoms with van der Waals surface area (Å²) in [6, 6.07) is 4.73. The average Bonchev–Trinajstić information content (AvgIpc) is 3.12. The highest BCUT2D eigenvalue weighted by Crippen LogP contribution is 2.17. The van der Waals surface area contributed by atoms with Crippen LogP contribution in [-0.4, -0.2) is 21.8 Å². The Labute approximate surface area is 123 Å². The predicted octanol–water partition coefficient (Wildman–Crippen LogP) is 1.88. The van der Waals surface area contributed by atoms with Gasteiger partial charge in [0.25, 0.3) is 11.8 Å². The number of aromatic amines is 1. The Morgan fingerprint density at radius 1 is 1.24 bits per heavy atom. The summed E-state index contributed by atoms with van der Waals surface area (Å²) in [5.74, 6) is -0.961. The van der Waals surface area contributed by atoms with Crippen molar-refractivity contribution in [2.75, 3.05) is 0 Å². The van der Waals surface area contributed by atoms with Gasteiger partial charge in [-0.1, -0.05) is 11.6 Å². The fourth-order valence-electron chi connectivity index (χ4n) is 1.77. The molecule has 0 aliphatic carbocycles. The van der Waals surface area contributed by atoms with Crippen LogP contribution in [0.25, 0.3) is 10.9 Å². The molecule has 3 aromatic heterocycles. The molecule has 3 rings (SSSR count). The zero-order chi connectivity index (χ0) is 14.8. The quantitative estimate of drug-likeness (QED) is 0.497. The van der Waals surface area contributed by atoms with Crippen molar-refractivity contribution in [2.24, 2.45) is 0 Å². The first-order valence-electron chi connectivity index (χ1n) is 5.90. The Kier molecular flexibility index (Phi) is 3.33. The van der Waals surface area contributed by atoms with E-state index in [0.717, 1.165) is 5.39 Å². The number of carbonyl (C=O) groups is 2. The Morgan fingerprint density at radius 2 is 2.05 bits per heavy atom. The highest BCUT2D eigenvalue weighted by molar-refractivity contribution is 6.30. The molecule has 0 aliphatic heterocycles. The summed E-state index contributed by atoms with van der Waals surface area (Å²) in [4.78, 5) is 30.4. The van der Waals surface area contributed by atoms with E-state index in [1.54, 1.807) is 12.1 Å². The Morgan fingerprint density at radius 3 is 2.81 bits per heavy atom. The SMILES string of the molecule is O=C(NNC(=O)c1cc2cc(Cl)ncc2[nH]1)c1ccoc1. The third-order valence-electron chi connectivity index (χ3n) is 2.79. The van der Waals surface area contributed by atoms with Gasteiger partial charge < -0.3 is 9.40 Å². The zero-order valence-corrected chi connectivity index (χ0v) is 11.3. The number of hydrogen-bond acceptors (Lipinski definition) is 4. The fraction of sp³-hybridized carbons (Fsp3) is 0. The van der Waals surface area contributed by atoms with Crippen molar-refractivity contribution in [3.63, 3.8) is 0 Å². The van der Waals surface area contributed by atoms with Gasteiger partial charge in [-0.3, -0.25) is 20.4 Å². The second-order valence-electron chi connectivity index (χ2n) is 4.20. The van der Waals surface area contributed by atoms with Crippen LogP contribution in [0.1, 0.15) is 20.8 Å². The maximum atomic E-state index is 11.9. The van der Waals surface area contributed by atoms with E-state index >= 15 is 0 Å². The standard InChI is InChI=1S/C13H9ClN4O3/c14-11-4-8-3-9(16-10(8)5-15-11)13(20)18-17-12(19)7-1-2-21-6-7/h1-6,16H,(H,17,19)(H,18,20). The lowest BCUT2D eigenvalue weighted by Gasteiger charge is -2.04. The van der Waals surface area contributed by atoms with Crippen LogP contribution in [0.2, 0.25) is 5.15 Å². The maximum Gasteiger partial charge on any atom is 0.286 e. The molecule has 0 aromatic carbocycles. The second kappa shape index (κ2) is 5.29. The average molecular weight is 305 g/mol. The highest BCUT2D eigenvalue weighted by atomic mass is 35.5. The molecule has 0 bridgehead atoms. The first-order chi connectivity index (χ1) is 10.1. The zero-order valence-electron chi connectivity index (χ0n) is 10.5. The van der Waals surface area contributed by atoms with Crippen LogP contribution in [-0.2, 0) is 0 Å². The van der Waals surface area contributed by atoms with Gasteiger partial charge in [-0.2, -0.15) is 0 Å². The number of carbonyl (C=O) groups excluding carboxylic acids is 2. The molecule has 0 spiro atoms. The van der Waals surface area contributed by atoms with Gasteiger partial charge in [-0.25, -0.2) is 4.98 Å². The predicted molar refractivity (Wildman–Crippen MR) is 74.7 cm³/mol. The molecular weight excluding hydrogens is 296 g/mol.